The zero-order valence-corrected chi connectivity index (χ0v) is 17.1. The number of hydrogen-bond acceptors (Lipinski definition) is 6. The van der Waals surface area contributed by atoms with Crippen LogP contribution < -0.4 is 15.8 Å². The molecule has 0 aliphatic rings. The Labute approximate surface area is 166 Å². The van der Waals surface area contributed by atoms with Gasteiger partial charge in [0.2, 0.25) is 17.6 Å². The summed E-state index contributed by atoms with van der Waals surface area (Å²) in [5.41, 5.74) is 6.22. The summed E-state index contributed by atoms with van der Waals surface area (Å²) in [4.78, 5) is 16.6. The predicted octanol–water partition coefficient (Wildman–Crippen LogP) is 2.98. The van der Waals surface area contributed by atoms with Crippen LogP contribution in [0.5, 0.6) is 5.75 Å². The number of benzene rings is 1. The molecule has 0 spiro atoms. The minimum atomic E-state index is -0.417. The predicted molar refractivity (Wildman–Crippen MR) is 107 cm³/mol. The highest BCUT2D eigenvalue weighted by Gasteiger charge is 2.28. The van der Waals surface area contributed by atoms with Crippen molar-refractivity contribution in [2.45, 2.75) is 46.1 Å². The second kappa shape index (κ2) is 10.3. The summed E-state index contributed by atoms with van der Waals surface area (Å²) in [6.07, 6.45) is 0.655. The molecule has 0 radical (unpaired) electrons. The first-order valence-electron chi connectivity index (χ1n) is 8.95. The molecule has 1 unspecified atom stereocenters. The van der Waals surface area contributed by atoms with Gasteiger partial charge in [-0.1, -0.05) is 19.0 Å². The van der Waals surface area contributed by atoms with Gasteiger partial charge >= 0.3 is 0 Å². The molecule has 0 saturated heterocycles. The fraction of sp³-hybridized carbons (Fsp3) is 0.526. The van der Waals surface area contributed by atoms with Crippen molar-refractivity contribution in [2.75, 3.05) is 13.2 Å². The Balaban J connectivity index is 0.00000364. The molecule has 1 amide bonds. The minimum absolute atomic E-state index is 0. The number of ether oxygens (including phenoxy) is 1. The quantitative estimate of drug-likeness (QED) is 0.675. The number of aromatic nitrogens is 2. The molecule has 1 heterocycles. The summed E-state index contributed by atoms with van der Waals surface area (Å²) in [5, 5.41) is 6.98. The van der Waals surface area contributed by atoms with Crippen molar-refractivity contribution in [3.63, 3.8) is 0 Å². The first kappa shape index (κ1) is 22.9. The number of halogens is 1. The van der Waals surface area contributed by atoms with Gasteiger partial charge in [0.05, 0.1) is 12.1 Å². The molecule has 0 aliphatic heterocycles. The standard InChI is InChI=1S/C19H28N4O3.ClH/c1-5-25-15-8-6-14(7-9-15)18-21-17(26-23-18)11-10-16(24)22-19(4,12-20)13(2)3;/h6-9,13H,5,10-12,20H2,1-4H3,(H,22,24);1H. The first-order chi connectivity index (χ1) is 12.4. The number of carbonyl (C=O) groups is 1. The monoisotopic (exact) mass is 396 g/mol. The molecule has 0 bridgehead atoms. The van der Waals surface area contributed by atoms with Gasteiger partial charge in [-0.3, -0.25) is 4.79 Å². The van der Waals surface area contributed by atoms with Crippen molar-refractivity contribution in [2.24, 2.45) is 11.7 Å². The summed E-state index contributed by atoms with van der Waals surface area (Å²) in [6.45, 7) is 8.97. The Morgan fingerprint density at radius 1 is 1.33 bits per heavy atom. The van der Waals surface area contributed by atoms with Gasteiger partial charge in [-0.05, 0) is 44.0 Å². The van der Waals surface area contributed by atoms with Crippen LogP contribution in [0.2, 0.25) is 0 Å². The van der Waals surface area contributed by atoms with Gasteiger partial charge in [0.25, 0.3) is 0 Å². The Bertz CT molecular complexity index is 718. The maximum atomic E-state index is 12.2. The van der Waals surface area contributed by atoms with E-state index in [4.69, 9.17) is 15.0 Å². The van der Waals surface area contributed by atoms with Crippen LogP contribution in [0.15, 0.2) is 28.8 Å². The molecular weight excluding hydrogens is 368 g/mol. The number of aryl methyl sites for hydroxylation is 1. The molecule has 8 heteroatoms. The number of nitrogens with zero attached hydrogens (tertiary/aromatic N) is 2. The van der Waals surface area contributed by atoms with Crippen LogP contribution in [0, 0.1) is 5.92 Å². The Hall–Kier alpha value is -2.12. The van der Waals surface area contributed by atoms with Gasteiger partial charge in [0.1, 0.15) is 5.75 Å². The molecular formula is C19H29ClN4O3. The molecule has 3 N–H and O–H groups in total. The lowest BCUT2D eigenvalue weighted by Crippen LogP contribution is -2.55. The van der Waals surface area contributed by atoms with Crippen LogP contribution in [0.4, 0.5) is 0 Å². The van der Waals surface area contributed by atoms with E-state index in [2.05, 4.69) is 15.5 Å². The molecule has 0 aliphatic carbocycles. The summed E-state index contributed by atoms with van der Waals surface area (Å²) >= 11 is 0. The Morgan fingerprint density at radius 2 is 2.00 bits per heavy atom. The number of amides is 1. The average Bonchev–Trinajstić information content (AvgIpc) is 3.09. The molecule has 150 valence electrons. The van der Waals surface area contributed by atoms with E-state index in [0.29, 0.717) is 31.3 Å². The molecule has 1 atom stereocenters. The van der Waals surface area contributed by atoms with Gasteiger partial charge in [-0.25, -0.2) is 0 Å². The van der Waals surface area contributed by atoms with Gasteiger partial charge in [0.15, 0.2) is 0 Å². The van der Waals surface area contributed by atoms with E-state index in [9.17, 15) is 4.79 Å². The third kappa shape index (κ3) is 6.22. The zero-order chi connectivity index (χ0) is 19.2. The van der Waals surface area contributed by atoms with E-state index in [1.54, 1.807) is 0 Å². The fourth-order valence-electron chi connectivity index (χ4n) is 2.37. The Morgan fingerprint density at radius 3 is 2.56 bits per heavy atom. The molecule has 1 aromatic carbocycles. The largest absolute Gasteiger partial charge is 0.494 e. The molecule has 0 saturated carbocycles. The van der Waals surface area contributed by atoms with Gasteiger partial charge in [0, 0.05) is 24.9 Å². The van der Waals surface area contributed by atoms with Crippen LogP contribution in [0.1, 0.15) is 40.0 Å². The summed E-state index contributed by atoms with van der Waals surface area (Å²) in [6, 6.07) is 7.48. The second-order valence-electron chi connectivity index (χ2n) is 6.79. The lowest BCUT2D eigenvalue weighted by molar-refractivity contribution is -0.123. The lowest BCUT2D eigenvalue weighted by Gasteiger charge is -2.33. The third-order valence-electron chi connectivity index (χ3n) is 4.58. The lowest BCUT2D eigenvalue weighted by atomic mass is 9.88. The van der Waals surface area contributed by atoms with E-state index in [-0.39, 0.29) is 30.7 Å². The number of nitrogens with two attached hydrogens (primary N) is 1. The molecule has 0 fully saturated rings. The molecule has 2 aromatic rings. The highest BCUT2D eigenvalue weighted by atomic mass is 35.5. The molecule has 1 aromatic heterocycles. The third-order valence-corrected chi connectivity index (χ3v) is 4.58. The summed E-state index contributed by atoms with van der Waals surface area (Å²) in [5.74, 6) is 1.89. The average molecular weight is 397 g/mol. The smallest absolute Gasteiger partial charge is 0.227 e. The highest BCUT2D eigenvalue weighted by Crippen LogP contribution is 2.20. The summed E-state index contributed by atoms with van der Waals surface area (Å²) in [7, 11) is 0. The maximum absolute atomic E-state index is 12.2. The van der Waals surface area contributed by atoms with Gasteiger partial charge in [-0.15, -0.1) is 12.4 Å². The number of hydrogen-bond donors (Lipinski definition) is 2. The van der Waals surface area contributed by atoms with Gasteiger partial charge < -0.3 is 20.3 Å². The number of carbonyl (C=O) groups excluding carboxylic acids is 1. The topological polar surface area (TPSA) is 103 Å². The zero-order valence-electron chi connectivity index (χ0n) is 16.3. The first-order valence-corrected chi connectivity index (χ1v) is 8.95. The van der Waals surface area contributed by atoms with Crippen molar-refractivity contribution in [1.29, 1.82) is 0 Å². The Kier molecular flexibility index (Phi) is 8.72. The number of nitrogens with one attached hydrogen (secondary N) is 1. The SMILES string of the molecule is CCOc1ccc(-c2noc(CCC(=O)NC(C)(CN)C(C)C)n2)cc1.Cl. The van der Waals surface area contributed by atoms with E-state index >= 15 is 0 Å². The van der Waals surface area contributed by atoms with Crippen molar-refractivity contribution in [1.82, 2.24) is 15.5 Å². The number of rotatable bonds is 9. The van der Waals surface area contributed by atoms with Crippen molar-refractivity contribution < 1.29 is 14.1 Å². The molecule has 27 heavy (non-hydrogen) atoms. The van der Waals surface area contributed by atoms with E-state index in [1.807, 2.05) is 52.0 Å². The van der Waals surface area contributed by atoms with Crippen molar-refractivity contribution in [3.05, 3.63) is 30.2 Å². The molecule has 2 rings (SSSR count). The van der Waals surface area contributed by atoms with Crippen LogP contribution in [0.3, 0.4) is 0 Å². The van der Waals surface area contributed by atoms with Crippen LogP contribution in [-0.4, -0.2) is 34.7 Å². The highest BCUT2D eigenvalue weighted by molar-refractivity contribution is 5.85. The minimum Gasteiger partial charge on any atom is -0.494 e. The fourth-order valence-corrected chi connectivity index (χ4v) is 2.37. The molecule has 7 nitrogen and oxygen atoms in total. The van der Waals surface area contributed by atoms with Gasteiger partial charge in [-0.2, -0.15) is 4.98 Å². The maximum Gasteiger partial charge on any atom is 0.227 e. The van der Waals surface area contributed by atoms with Crippen molar-refractivity contribution in [3.8, 4) is 17.1 Å². The van der Waals surface area contributed by atoms with Crippen LogP contribution >= 0.6 is 12.4 Å². The van der Waals surface area contributed by atoms with Crippen molar-refractivity contribution >= 4 is 18.3 Å². The van der Waals surface area contributed by atoms with E-state index in [0.717, 1.165) is 11.3 Å². The van der Waals surface area contributed by atoms with E-state index < -0.39 is 5.54 Å². The van der Waals surface area contributed by atoms with E-state index in [1.165, 1.54) is 0 Å². The second-order valence-corrected chi connectivity index (χ2v) is 6.79. The summed E-state index contributed by atoms with van der Waals surface area (Å²) < 4.78 is 10.7. The normalized spacial score (nSPS) is 13.0. The van der Waals surface area contributed by atoms with Crippen LogP contribution in [0.25, 0.3) is 11.4 Å². The van der Waals surface area contributed by atoms with Crippen LogP contribution in [-0.2, 0) is 11.2 Å².